The molecule has 0 bridgehead atoms. The first-order valence-corrected chi connectivity index (χ1v) is 9.00. The van der Waals surface area contributed by atoms with Gasteiger partial charge >= 0.3 is 0 Å². The van der Waals surface area contributed by atoms with Crippen molar-refractivity contribution in [2.24, 2.45) is 0 Å². The van der Waals surface area contributed by atoms with Crippen molar-refractivity contribution in [3.05, 3.63) is 41.6 Å². The minimum atomic E-state index is 0.0916. The maximum atomic E-state index is 6.03. The molecular formula is C19H26ClN5. The van der Waals surface area contributed by atoms with Crippen LogP contribution in [0.2, 0.25) is 5.02 Å². The lowest BCUT2D eigenvalue weighted by Gasteiger charge is -2.46. The third kappa shape index (κ3) is 5.06. The molecule has 1 aromatic heterocycles. The van der Waals surface area contributed by atoms with Gasteiger partial charge in [0, 0.05) is 34.0 Å². The lowest BCUT2D eigenvalue weighted by molar-refractivity contribution is 0.170. The fourth-order valence-electron chi connectivity index (χ4n) is 3.83. The second-order valence-electron chi connectivity index (χ2n) is 8.04. The highest BCUT2D eigenvalue weighted by molar-refractivity contribution is 6.30. The molecule has 2 heterocycles. The minimum Gasteiger partial charge on any atom is -0.367 e. The van der Waals surface area contributed by atoms with Crippen LogP contribution in [0.1, 0.15) is 40.5 Å². The molecule has 1 aromatic carbocycles. The van der Waals surface area contributed by atoms with Gasteiger partial charge in [-0.2, -0.15) is 4.98 Å². The largest absolute Gasteiger partial charge is 0.367 e. The molecule has 2 aromatic rings. The monoisotopic (exact) mass is 359 g/mol. The van der Waals surface area contributed by atoms with Crippen LogP contribution in [0.4, 0.5) is 17.5 Å². The summed E-state index contributed by atoms with van der Waals surface area (Å²) >= 11 is 6.03. The van der Waals surface area contributed by atoms with Crippen molar-refractivity contribution in [2.45, 2.75) is 57.7 Å². The second kappa shape index (κ2) is 6.81. The van der Waals surface area contributed by atoms with Crippen molar-refractivity contribution in [1.82, 2.24) is 15.3 Å². The maximum absolute atomic E-state index is 6.03. The molecule has 0 radical (unpaired) electrons. The van der Waals surface area contributed by atoms with E-state index in [0.29, 0.717) is 17.0 Å². The van der Waals surface area contributed by atoms with Gasteiger partial charge in [0.05, 0.1) is 0 Å². The molecule has 1 aliphatic rings. The molecular weight excluding hydrogens is 334 g/mol. The van der Waals surface area contributed by atoms with E-state index in [9.17, 15) is 0 Å². The summed E-state index contributed by atoms with van der Waals surface area (Å²) in [5.74, 6) is 1.39. The lowest BCUT2D eigenvalue weighted by Crippen LogP contribution is -2.60. The first kappa shape index (κ1) is 18.0. The highest BCUT2D eigenvalue weighted by Gasteiger charge is 2.37. The molecule has 1 saturated heterocycles. The standard InChI is InChI=1S/C19H26ClN5/c1-18(2)11-15(12-19(3,4)25-18)22-16-8-9-21-17(24-16)23-14-7-5-6-13(20)10-14/h5-10,15,25H,11-12H2,1-4H3,(H2,21,22,23,24). The van der Waals surface area contributed by atoms with Crippen molar-refractivity contribution in [2.75, 3.05) is 10.6 Å². The number of nitrogens with zero attached hydrogens (tertiary/aromatic N) is 2. The Morgan fingerprint density at radius 3 is 2.52 bits per heavy atom. The maximum Gasteiger partial charge on any atom is 0.229 e. The molecule has 3 rings (SSSR count). The van der Waals surface area contributed by atoms with Gasteiger partial charge in [0.2, 0.25) is 5.95 Å². The van der Waals surface area contributed by atoms with Gasteiger partial charge in [-0.1, -0.05) is 17.7 Å². The van der Waals surface area contributed by atoms with Crippen molar-refractivity contribution in [1.29, 1.82) is 0 Å². The molecule has 6 heteroatoms. The molecule has 5 nitrogen and oxygen atoms in total. The molecule has 0 unspecified atom stereocenters. The topological polar surface area (TPSA) is 61.9 Å². The third-order valence-electron chi connectivity index (χ3n) is 4.28. The van der Waals surface area contributed by atoms with Crippen molar-refractivity contribution < 1.29 is 0 Å². The van der Waals surface area contributed by atoms with Crippen molar-refractivity contribution in [3.8, 4) is 0 Å². The summed E-state index contributed by atoms with van der Waals surface area (Å²) in [6.45, 7) is 8.98. The van der Waals surface area contributed by atoms with E-state index in [-0.39, 0.29) is 11.1 Å². The molecule has 134 valence electrons. The molecule has 3 N–H and O–H groups in total. The predicted molar refractivity (Wildman–Crippen MR) is 105 cm³/mol. The fourth-order valence-corrected chi connectivity index (χ4v) is 4.02. The van der Waals surface area contributed by atoms with Gasteiger partial charge in [0.1, 0.15) is 5.82 Å². The van der Waals surface area contributed by atoms with Crippen LogP contribution in [0.25, 0.3) is 0 Å². The average molecular weight is 360 g/mol. The van der Waals surface area contributed by atoms with Gasteiger partial charge < -0.3 is 16.0 Å². The number of hydrogen-bond donors (Lipinski definition) is 3. The van der Waals surface area contributed by atoms with Crippen LogP contribution < -0.4 is 16.0 Å². The van der Waals surface area contributed by atoms with E-state index in [1.54, 1.807) is 6.20 Å². The van der Waals surface area contributed by atoms with Crippen LogP contribution in [0.3, 0.4) is 0 Å². The summed E-state index contributed by atoms with van der Waals surface area (Å²) < 4.78 is 0. The fraction of sp³-hybridized carbons (Fsp3) is 0.474. The van der Waals surface area contributed by atoms with E-state index in [2.05, 4.69) is 53.6 Å². The number of aromatic nitrogens is 2. The van der Waals surface area contributed by atoms with Gasteiger partial charge in [0.25, 0.3) is 0 Å². The highest BCUT2D eigenvalue weighted by Crippen LogP contribution is 2.30. The van der Waals surface area contributed by atoms with Crippen LogP contribution in [0.15, 0.2) is 36.5 Å². The zero-order valence-electron chi connectivity index (χ0n) is 15.2. The predicted octanol–water partition coefficient (Wildman–Crippen LogP) is 4.59. The molecule has 1 aliphatic heterocycles. The Morgan fingerprint density at radius 1 is 1.12 bits per heavy atom. The third-order valence-corrected chi connectivity index (χ3v) is 4.51. The normalized spacial score (nSPS) is 19.4. The summed E-state index contributed by atoms with van der Waals surface area (Å²) in [5, 5.41) is 11.1. The Bertz CT molecular complexity index is 728. The van der Waals surface area contributed by atoms with E-state index >= 15 is 0 Å². The van der Waals surface area contributed by atoms with Crippen molar-refractivity contribution in [3.63, 3.8) is 0 Å². The number of benzene rings is 1. The van der Waals surface area contributed by atoms with Gasteiger partial charge in [-0.25, -0.2) is 4.98 Å². The quantitative estimate of drug-likeness (QED) is 0.745. The zero-order chi connectivity index (χ0) is 18.1. The van der Waals surface area contributed by atoms with E-state index in [4.69, 9.17) is 11.6 Å². The average Bonchev–Trinajstić information content (AvgIpc) is 2.44. The molecule has 0 spiro atoms. The highest BCUT2D eigenvalue weighted by atomic mass is 35.5. The van der Waals surface area contributed by atoms with Gasteiger partial charge in [0.15, 0.2) is 0 Å². The van der Waals surface area contributed by atoms with E-state index in [0.717, 1.165) is 24.3 Å². The Hall–Kier alpha value is -1.85. The zero-order valence-corrected chi connectivity index (χ0v) is 16.0. The van der Waals surface area contributed by atoms with Gasteiger partial charge in [-0.3, -0.25) is 0 Å². The molecule has 0 atom stereocenters. The Labute approximate surface area is 154 Å². The molecule has 25 heavy (non-hydrogen) atoms. The van der Waals surface area contributed by atoms with Crippen LogP contribution >= 0.6 is 11.6 Å². The van der Waals surface area contributed by atoms with Crippen LogP contribution in [-0.4, -0.2) is 27.1 Å². The minimum absolute atomic E-state index is 0.0916. The lowest BCUT2D eigenvalue weighted by atomic mass is 9.79. The van der Waals surface area contributed by atoms with Gasteiger partial charge in [-0.15, -0.1) is 0 Å². The summed E-state index contributed by atoms with van der Waals surface area (Å²) in [6.07, 6.45) is 3.84. The summed E-state index contributed by atoms with van der Waals surface area (Å²) in [6, 6.07) is 9.79. The molecule has 0 aliphatic carbocycles. The Kier molecular flexibility index (Phi) is 4.89. The second-order valence-corrected chi connectivity index (χ2v) is 8.48. The number of anilines is 3. The Balaban J connectivity index is 1.71. The first-order chi connectivity index (χ1) is 11.7. The SMILES string of the molecule is CC1(C)CC(Nc2ccnc(Nc3cccc(Cl)c3)n2)CC(C)(C)N1. The number of halogens is 1. The van der Waals surface area contributed by atoms with Crippen molar-refractivity contribution >= 4 is 29.1 Å². The molecule has 1 fully saturated rings. The van der Waals surface area contributed by atoms with Gasteiger partial charge in [-0.05, 0) is 64.8 Å². The smallest absolute Gasteiger partial charge is 0.229 e. The summed E-state index contributed by atoms with van der Waals surface area (Å²) in [5.41, 5.74) is 1.05. The van der Waals surface area contributed by atoms with Crippen LogP contribution in [0.5, 0.6) is 0 Å². The number of hydrogen-bond acceptors (Lipinski definition) is 5. The first-order valence-electron chi connectivity index (χ1n) is 8.62. The van der Waals surface area contributed by atoms with E-state index in [1.807, 2.05) is 30.3 Å². The molecule has 0 amide bonds. The van der Waals surface area contributed by atoms with Crippen LogP contribution in [-0.2, 0) is 0 Å². The number of rotatable bonds is 4. The Morgan fingerprint density at radius 2 is 1.84 bits per heavy atom. The number of piperidine rings is 1. The van der Waals surface area contributed by atoms with E-state index in [1.165, 1.54) is 0 Å². The summed E-state index contributed by atoms with van der Waals surface area (Å²) in [4.78, 5) is 8.89. The summed E-state index contributed by atoms with van der Waals surface area (Å²) in [7, 11) is 0. The molecule has 0 saturated carbocycles. The number of nitrogens with one attached hydrogen (secondary N) is 3. The van der Waals surface area contributed by atoms with E-state index < -0.39 is 0 Å². The van der Waals surface area contributed by atoms with Crippen LogP contribution in [0, 0.1) is 0 Å².